The van der Waals surface area contributed by atoms with Crippen molar-refractivity contribution in [2.24, 2.45) is 0 Å². The normalized spacial score (nSPS) is 11.2. The van der Waals surface area contributed by atoms with E-state index in [0.29, 0.717) is 6.07 Å². The number of aromatic carboxylic acids is 1. The Morgan fingerprint density at radius 2 is 2.00 bits per heavy atom. The highest BCUT2D eigenvalue weighted by Crippen LogP contribution is 2.25. The number of methoxy groups -OCH3 is 1. The minimum atomic E-state index is -3.76. The maximum atomic E-state index is 13.3. The molecule has 7 heteroatoms. The number of benzene rings is 1. The Hall–Kier alpha value is -1.63. The van der Waals surface area contributed by atoms with E-state index in [1.807, 2.05) is 0 Å². The predicted molar refractivity (Wildman–Crippen MR) is 53.0 cm³/mol. The predicted octanol–water partition coefficient (Wildman–Crippen LogP) is 0.936. The zero-order chi connectivity index (χ0) is 12.5. The van der Waals surface area contributed by atoms with Gasteiger partial charge in [-0.05, 0) is 6.07 Å². The molecule has 0 atom stereocenters. The average molecular weight is 248 g/mol. The largest absolute Gasteiger partial charge is 0.496 e. The van der Waals surface area contributed by atoms with Crippen LogP contribution < -0.4 is 4.74 Å². The molecule has 1 N–H and O–H groups in total. The number of hydrogen-bond acceptors (Lipinski definition) is 4. The topological polar surface area (TPSA) is 80.7 Å². The molecule has 1 rings (SSSR count). The molecule has 1 aromatic rings. The lowest BCUT2D eigenvalue weighted by molar-refractivity contribution is 0.0692. The molecule has 0 radical (unpaired) electrons. The average Bonchev–Trinajstić information content (AvgIpc) is 2.15. The molecular formula is C9H9FO5S. The van der Waals surface area contributed by atoms with Crippen molar-refractivity contribution in [1.82, 2.24) is 0 Å². The van der Waals surface area contributed by atoms with Gasteiger partial charge in [0.05, 0.1) is 7.11 Å². The molecule has 16 heavy (non-hydrogen) atoms. The number of carboxylic acid groups (broad SMARTS) is 1. The van der Waals surface area contributed by atoms with Gasteiger partial charge in [0.2, 0.25) is 0 Å². The van der Waals surface area contributed by atoms with Gasteiger partial charge in [-0.3, -0.25) is 0 Å². The molecule has 0 heterocycles. The standard InChI is InChI=1S/C9H9FO5S/c1-15-7-4-8(16(2,13)14)6(10)3-5(7)9(11)12/h3-4H,1-2H3,(H,11,12). The first-order chi connectivity index (χ1) is 7.27. The fraction of sp³-hybridized carbons (Fsp3) is 0.222. The number of halogens is 1. The Kier molecular flexibility index (Phi) is 3.18. The van der Waals surface area contributed by atoms with Crippen LogP contribution in [0.5, 0.6) is 5.75 Å². The molecular weight excluding hydrogens is 239 g/mol. The summed E-state index contributed by atoms with van der Waals surface area (Å²) in [6.45, 7) is 0. The summed E-state index contributed by atoms with van der Waals surface area (Å²) in [5.74, 6) is -2.70. The first-order valence-electron chi connectivity index (χ1n) is 4.08. The van der Waals surface area contributed by atoms with Crippen LogP contribution in [-0.4, -0.2) is 32.9 Å². The van der Waals surface area contributed by atoms with Gasteiger partial charge in [-0.15, -0.1) is 0 Å². The number of hydrogen-bond donors (Lipinski definition) is 1. The Bertz CT molecular complexity index is 535. The number of carboxylic acids is 1. The second-order valence-corrected chi connectivity index (χ2v) is 5.04. The third-order valence-electron chi connectivity index (χ3n) is 1.88. The van der Waals surface area contributed by atoms with Gasteiger partial charge in [-0.2, -0.15) is 0 Å². The van der Waals surface area contributed by atoms with Crippen LogP contribution >= 0.6 is 0 Å². The van der Waals surface area contributed by atoms with Gasteiger partial charge in [0.15, 0.2) is 9.84 Å². The zero-order valence-electron chi connectivity index (χ0n) is 8.52. The molecule has 88 valence electrons. The van der Waals surface area contributed by atoms with Crippen LogP contribution in [0.3, 0.4) is 0 Å². The summed E-state index contributed by atoms with van der Waals surface area (Å²) < 4.78 is 40.3. The highest BCUT2D eigenvalue weighted by atomic mass is 32.2. The van der Waals surface area contributed by atoms with Crippen LogP contribution in [0.15, 0.2) is 17.0 Å². The van der Waals surface area contributed by atoms with Crippen molar-refractivity contribution < 1.29 is 27.4 Å². The summed E-state index contributed by atoms with van der Waals surface area (Å²) >= 11 is 0. The van der Waals surface area contributed by atoms with Crippen LogP contribution in [0.1, 0.15) is 10.4 Å². The maximum Gasteiger partial charge on any atom is 0.339 e. The van der Waals surface area contributed by atoms with Crippen molar-refractivity contribution in [3.63, 3.8) is 0 Å². The first-order valence-corrected chi connectivity index (χ1v) is 5.97. The van der Waals surface area contributed by atoms with E-state index in [0.717, 1.165) is 12.3 Å². The summed E-state index contributed by atoms with van der Waals surface area (Å²) in [6, 6.07) is 1.48. The molecule has 0 saturated heterocycles. The van der Waals surface area contributed by atoms with Crippen LogP contribution in [-0.2, 0) is 9.84 Å². The van der Waals surface area contributed by atoms with Crippen molar-refractivity contribution in [2.45, 2.75) is 4.90 Å². The Balaban J connectivity index is 3.56. The lowest BCUT2D eigenvalue weighted by Crippen LogP contribution is -2.06. The molecule has 0 aliphatic carbocycles. The smallest absolute Gasteiger partial charge is 0.339 e. The third-order valence-corrected chi connectivity index (χ3v) is 3.00. The van der Waals surface area contributed by atoms with E-state index >= 15 is 0 Å². The molecule has 0 saturated carbocycles. The van der Waals surface area contributed by atoms with Gasteiger partial charge in [-0.1, -0.05) is 0 Å². The monoisotopic (exact) mass is 248 g/mol. The fourth-order valence-electron chi connectivity index (χ4n) is 1.15. The van der Waals surface area contributed by atoms with Crippen molar-refractivity contribution in [3.8, 4) is 5.75 Å². The summed E-state index contributed by atoms with van der Waals surface area (Å²) in [5.41, 5.74) is -0.424. The Labute approximate surface area is 91.4 Å². The summed E-state index contributed by atoms with van der Waals surface area (Å²) in [6.07, 6.45) is 0.825. The molecule has 0 spiro atoms. The summed E-state index contributed by atoms with van der Waals surface area (Å²) in [5, 5.41) is 8.72. The highest BCUT2D eigenvalue weighted by molar-refractivity contribution is 7.90. The fourth-order valence-corrected chi connectivity index (χ4v) is 1.89. The van der Waals surface area contributed by atoms with Crippen LogP contribution in [0.4, 0.5) is 4.39 Å². The molecule has 0 fully saturated rings. The Morgan fingerprint density at radius 1 is 1.44 bits per heavy atom. The first kappa shape index (κ1) is 12.4. The Morgan fingerprint density at radius 3 is 2.38 bits per heavy atom. The van der Waals surface area contributed by atoms with Crippen LogP contribution in [0, 0.1) is 5.82 Å². The van der Waals surface area contributed by atoms with Gasteiger partial charge >= 0.3 is 5.97 Å². The SMILES string of the molecule is COc1cc(S(C)(=O)=O)c(F)cc1C(=O)O. The van der Waals surface area contributed by atoms with E-state index in [9.17, 15) is 17.6 Å². The van der Waals surface area contributed by atoms with Crippen LogP contribution in [0.25, 0.3) is 0 Å². The number of ether oxygens (including phenoxy) is 1. The van der Waals surface area contributed by atoms with E-state index < -0.39 is 32.1 Å². The second-order valence-electron chi connectivity index (χ2n) is 3.06. The van der Waals surface area contributed by atoms with Crippen molar-refractivity contribution >= 4 is 15.8 Å². The van der Waals surface area contributed by atoms with Gasteiger partial charge in [-0.25, -0.2) is 17.6 Å². The van der Waals surface area contributed by atoms with E-state index in [1.165, 1.54) is 7.11 Å². The number of rotatable bonds is 3. The van der Waals surface area contributed by atoms with E-state index in [4.69, 9.17) is 5.11 Å². The van der Waals surface area contributed by atoms with Crippen LogP contribution in [0.2, 0.25) is 0 Å². The summed E-state index contributed by atoms with van der Waals surface area (Å²) in [4.78, 5) is 10.1. The van der Waals surface area contributed by atoms with E-state index in [1.54, 1.807) is 0 Å². The molecule has 0 bridgehead atoms. The molecule has 0 amide bonds. The van der Waals surface area contributed by atoms with Crippen molar-refractivity contribution in [3.05, 3.63) is 23.5 Å². The minimum Gasteiger partial charge on any atom is -0.496 e. The van der Waals surface area contributed by atoms with E-state index in [2.05, 4.69) is 4.74 Å². The second kappa shape index (κ2) is 4.09. The number of sulfone groups is 1. The zero-order valence-corrected chi connectivity index (χ0v) is 9.34. The van der Waals surface area contributed by atoms with Gasteiger partial charge in [0, 0.05) is 12.3 Å². The molecule has 1 aromatic carbocycles. The van der Waals surface area contributed by atoms with Gasteiger partial charge < -0.3 is 9.84 Å². The lowest BCUT2D eigenvalue weighted by Gasteiger charge is -2.07. The minimum absolute atomic E-state index is 0.200. The molecule has 0 aliphatic heterocycles. The highest BCUT2D eigenvalue weighted by Gasteiger charge is 2.20. The van der Waals surface area contributed by atoms with Crippen molar-refractivity contribution in [2.75, 3.05) is 13.4 Å². The number of carbonyl (C=O) groups is 1. The molecule has 0 unspecified atom stereocenters. The molecule has 5 nitrogen and oxygen atoms in total. The molecule has 0 aromatic heterocycles. The quantitative estimate of drug-likeness (QED) is 0.860. The molecule has 0 aliphatic rings. The lowest BCUT2D eigenvalue weighted by atomic mass is 10.2. The summed E-state index contributed by atoms with van der Waals surface area (Å²) in [7, 11) is -2.58. The van der Waals surface area contributed by atoms with E-state index in [-0.39, 0.29) is 5.75 Å². The maximum absolute atomic E-state index is 13.3. The van der Waals surface area contributed by atoms with Gasteiger partial charge in [0.1, 0.15) is 22.0 Å². The third kappa shape index (κ3) is 2.30. The van der Waals surface area contributed by atoms with Crippen molar-refractivity contribution in [1.29, 1.82) is 0 Å². The van der Waals surface area contributed by atoms with Gasteiger partial charge in [0.25, 0.3) is 0 Å².